The Hall–Kier alpha value is -0.840. The van der Waals surface area contributed by atoms with Crippen LogP contribution in [-0.2, 0) is 11.3 Å². The lowest BCUT2D eigenvalue weighted by molar-refractivity contribution is 0.0265. The summed E-state index contributed by atoms with van der Waals surface area (Å²) < 4.78 is 11.5. The Morgan fingerprint density at radius 3 is 2.75 bits per heavy atom. The molecule has 20 heavy (non-hydrogen) atoms. The van der Waals surface area contributed by atoms with E-state index >= 15 is 0 Å². The Labute approximate surface area is 121 Å². The van der Waals surface area contributed by atoms with Gasteiger partial charge < -0.3 is 14.5 Å². The Balaban J connectivity index is 1.38. The third-order valence-electron chi connectivity index (χ3n) is 4.33. The van der Waals surface area contributed by atoms with Gasteiger partial charge >= 0.3 is 0 Å². The molecule has 2 aliphatic rings. The Morgan fingerprint density at radius 2 is 2.05 bits per heavy atom. The summed E-state index contributed by atoms with van der Waals surface area (Å²) in [7, 11) is 2.16. The highest BCUT2D eigenvalue weighted by Crippen LogP contribution is 2.23. The second-order valence-corrected chi connectivity index (χ2v) is 6.34. The Kier molecular flexibility index (Phi) is 4.44. The summed E-state index contributed by atoms with van der Waals surface area (Å²) in [6.07, 6.45) is 7.66. The molecule has 1 aliphatic heterocycles. The first-order valence-corrected chi connectivity index (χ1v) is 7.81. The van der Waals surface area contributed by atoms with Gasteiger partial charge in [-0.15, -0.1) is 0 Å². The second-order valence-electron chi connectivity index (χ2n) is 6.34. The third-order valence-corrected chi connectivity index (χ3v) is 4.33. The topological polar surface area (TPSA) is 37.6 Å². The van der Waals surface area contributed by atoms with Crippen molar-refractivity contribution in [3.05, 3.63) is 23.7 Å². The van der Waals surface area contributed by atoms with Crippen molar-refractivity contribution in [2.45, 2.75) is 57.4 Å². The van der Waals surface area contributed by atoms with E-state index in [1.54, 1.807) is 6.26 Å². The summed E-state index contributed by atoms with van der Waals surface area (Å²) in [6, 6.07) is 2.84. The monoisotopic (exact) mass is 278 g/mol. The van der Waals surface area contributed by atoms with Crippen LogP contribution in [0.15, 0.2) is 16.7 Å². The molecule has 3 rings (SSSR count). The van der Waals surface area contributed by atoms with E-state index in [9.17, 15) is 0 Å². The maximum absolute atomic E-state index is 6.13. The van der Waals surface area contributed by atoms with Gasteiger partial charge in [-0.05, 0) is 45.7 Å². The predicted octanol–water partition coefficient (Wildman–Crippen LogP) is 2.32. The van der Waals surface area contributed by atoms with Crippen LogP contribution in [0.5, 0.6) is 0 Å². The molecule has 4 nitrogen and oxygen atoms in total. The maximum atomic E-state index is 6.13. The van der Waals surface area contributed by atoms with E-state index < -0.39 is 0 Å². The number of ether oxygens (including phenoxy) is 1. The average Bonchev–Trinajstić information content (AvgIpc) is 3.02. The van der Waals surface area contributed by atoms with Gasteiger partial charge in [0.2, 0.25) is 0 Å². The molecule has 1 aromatic heterocycles. The minimum atomic E-state index is 0.387. The van der Waals surface area contributed by atoms with E-state index in [-0.39, 0.29) is 0 Å². The molecule has 1 saturated carbocycles. The van der Waals surface area contributed by atoms with Crippen molar-refractivity contribution in [2.24, 2.45) is 0 Å². The Morgan fingerprint density at radius 1 is 1.25 bits per heavy atom. The number of rotatable bonds is 7. The first-order valence-electron chi connectivity index (χ1n) is 7.81. The third kappa shape index (κ3) is 3.84. The SMILES string of the molecule is Cc1occc1CN(C)CC1CCC(CNC2CC2)O1. The van der Waals surface area contributed by atoms with Gasteiger partial charge in [0.15, 0.2) is 0 Å². The van der Waals surface area contributed by atoms with Gasteiger partial charge in [0.1, 0.15) is 5.76 Å². The number of likely N-dealkylation sites (N-methyl/N-ethyl adjacent to an activating group) is 1. The van der Waals surface area contributed by atoms with Gasteiger partial charge in [-0.1, -0.05) is 0 Å². The zero-order valence-electron chi connectivity index (χ0n) is 12.6. The van der Waals surface area contributed by atoms with E-state index in [2.05, 4.69) is 23.3 Å². The number of nitrogens with zero attached hydrogens (tertiary/aromatic N) is 1. The largest absolute Gasteiger partial charge is 0.469 e. The minimum absolute atomic E-state index is 0.387. The first-order chi connectivity index (χ1) is 9.70. The summed E-state index contributed by atoms with van der Waals surface area (Å²) in [4.78, 5) is 2.33. The summed E-state index contributed by atoms with van der Waals surface area (Å²) in [5.41, 5.74) is 1.28. The van der Waals surface area contributed by atoms with Crippen LogP contribution in [-0.4, -0.2) is 43.3 Å². The summed E-state index contributed by atoms with van der Waals surface area (Å²) in [6.45, 7) is 5.00. The number of furan rings is 1. The van der Waals surface area contributed by atoms with Crippen molar-refractivity contribution < 1.29 is 9.15 Å². The summed E-state index contributed by atoms with van der Waals surface area (Å²) >= 11 is 0. The molecule has 1 saturated heterocycles. The first kappa shape index (κ1) is 14.1. The second kappa shape index (κ2) is 6.29. The van der Waals surface area contributed by atoms with Gasteiger partial charge in [0, 0.05) is 31.2 Å². The van der Waals surface area contributed by atoms with E-state index in [4.69, 9.17) is 9.15 Å². The predicted molar refractivity (Wildman–Crippen MR) is 78.7 cm³/mol. The van der Waals surface area contributed by atoms with Crippen LogP contribution in [0.4, 0.5) is 0 Å². The van der Waals surface area contributed by atoms with Crippen molar-refractivity contribution in [1.82, 2.24) is 10.2 Å². The molecule has 0 amide bonds. The molecule has 0 radical (unpaired) electrons. The molecule has 2 atom stereocenters. The van der Waals surface area contributed by atoms with Crippen molar-refractivity contribution >= 4 is 0 Å². The van der Waals surface area contributed by atoms with E-state index in [1.807, 2.05) is 6.92 Å². The van der Waals surface area contributed by atoms with Crippen LogP contribution in [0.3, 0.4) is 0 Å². The van der Waals surface area contributed by atoms with Crippen LogP contribution in [0.2, 0.25) is 0 Å². The number of nitrogens with one attached hydrogen (secondary N) is 1. The average molecular weight is 278 g/mol. The molecule has 1 aromatic rings. The molecule has 0 bridgehead atoms. The minimum Gasteiger partial charge on any atom is -0.469 e. The highest BCUT2D eigenvalue weighted by atomic mass is 16.5. The number of hydrogen-bond donors (Lipinski definition) is 1. The van der Waals surface area contributed by atoms with Gasteiger partial charge in [-0.3, -0.25) is 4.90 Å². The van der Waals surface area contributed by atoms with Crippen molar-refractivity contribution in [2.75, 3.05) is 20.1 Å². The van der Waals surface area contributed by atoms with E-state index in [0.29, 0.717) is 12.2 Å². The fourth-order valence-electron chi connectivity index (χ4n) is 2.93. The van der Waals surface area contributed by atoms with Gasteiger partial charge in [0.05, 0.1) is 18.5 Å². The molecule has 2 fully saturated rings. The summed E-state index contributed by atoms with van der Waals surface area (Å²) in [5, 5.41) is 3.57. The van der Waals surface area contributed by atoms with Crippen LogP contribution in [0, 0.1) is 6.92 Å². The molecule has 4 heteroatoms. The zero-order chi connectivity index (χ0) is 13.9. The molecule has 0 spiro atoms. The molecule has 0 aromatic carbocycles. The lowest BCUT2D eigenvalue weighted by Gasteiger charge is -2.21. The lowest BCUT2D eigenvalue weighted by Crippen LogP contribution is -2.32. The molecule has 112 valence electrons. The van der Waals surface area contributed by atoms with Crippen molar-refractivity contribution in [3.8, 4) is 0 Å². The normalized spacial score (nSPS) is 26.6. The maximum Gasteiger partial charge on any atom is 0.105 e. The molecule has 1 aliphatic carbocycles. The number of hydrogen-bond acceptors (Lipinski definition) is 4. The van der Waals surface area contributed by atoms with Crippen molar-refractivity contribution in [3.63, 3.8) is 0 Å². The molecule has 1 N–H and O–H groups in total. The van der Waals surface area contributed by atoms with E-state index in [1.165, 1.54) is 31.2 Å². The molecule has 2 heterocycles. The fraction of sp³-hybridized carbons (Fsp3) is 0.750. The highest BCUT2D eigenvalue weighted by Gasteiger charge is 2.28. The van der Waals surface area contributed by atoms with Crippen LogP contribution in [0.25, 0.3) is 0 Å². The van der Waals surface area contributed by atoms with Crippen LogP contribution < -0.4 is 5.32 Å². The lowest BCUT2D eigenvalue weighted by atomic mass is 10.2. The summed E-state index contributed by atoms with van der Waals surface area (Å²) in [5.74, 6) is 1.02. The smallest absolute Gasteiger partial charge is 0.105 e. The van der Waals surface area contributed by atoms with Crippen molar-refractivity contribution in [1.29, 1.82) is 0 Å². The molecular weight excluding hydrogens is 252 g/mol. The van der Waals surface area contributed by atoms with Crippen LogP contribution >= 0.6 is 0 Å². The molecule has 2 unspecified atom stereocenters. The van der Waals surface area contributed by atoms with E-state index in [0.717, 1.165) is 31.4 Å². The van der Waals surface area contributed by atoms with Gasteiger partial charge in [-0.25, -0.2) is 0 Å². The number of aryl methyl sites for hydroxylation is 1. The standard InChI is InChI=1S/C16H26N2O2/c1-12-13(7-8-19-12)10-18(2)11-16-6-5-15(20-16)9-17-14-3-4-14/h7-8,14-17H,3-6,9-11H2,1-2H3. The zero-order valence-corrected chi connectivity index (χ0v) is 12.6. The highest BCUT2D eigenvalue weighted by molar-refractivity contribution is 5.15. The van der Waals surface area contributed by atoms with Gasteiger partial charge in [-0.2, -0.15) is 0 Å². The van der Waals surface area contributed by atoms with Crippen LogP contribution in [0.1, 0.15) is 37.0 Å². The van der Waals surface area contributed by atoms with Gasteiger partial charge in [0.25, 0.3) is 0 Å². The fourth-order valence-corrected chi connectivity index (χ4v) is 2.93. The molecular formula is C16H26N2O2. The Bertz CT molecular complexity index is 428. The quantitative estimate of drug-likeness (QED) is 0.830.